The molecule has 1 aromatic carbocycles. The van der Waals surface area contributed by atoms with Crippen molar-refractivity contribution in [2.75, 3.05) is 0 Å². The van der Waals surface area contributed by atoms with Crippen LogP contribution in [-0.4, -0.2) is 28.8 Å². The number of amides is 3. The van der Waals surface area contributed by atoms with E-state index in [0.717, 1.165) is 10.0 Å². The predicted molar refractivity (Wildman–Crippen MR) is 91.4 cm³/mol. The lowest BCUT2D eigenvalue weighted by Crippen LogP contribution is -2.53. The molecule has 2 unspecified atom stereocenters. The van der Waals surface area contributed by atoms with Crippen LogP contribution in [0.2, 0.25) is 0 Å². The van der Waals surface area contributed by atoms with E-state index < -0.39 is 23.9 Å². The Kier molecular flexibility index (Phi) is 5.41. The lowest BCUT2D eigenvalue weighted by molar-refractivity contribution is -0.120. The van der Waals surface area contributed by atoms with Gasteiger partial charge in [-0.25, -0.2) is 9.79 Å². The van der Waals surface area contributed by atoms with E-state index in [1.165, 1.54) is 0 Å². The minimum Gasteiger partial charge on any atom is -0.508 e. The molecule has 7 heteroatoms. The number of hydrogen-bond acceptors (Lipinski definition) is 3. The van der Waals surface area contributed by atoms with Gasteiger partial charge in [0, 0.05) is 16.2 Å². The van der Waals surface area contributed by atoms with Gasteiger partial charge >= 0.3 is 6.03 Å². The predicted octanol–water partition coefficient (Wildman–Crippen LogP) is 2.38. The van der Waals surface area contributed by atoms with Crippen LogP contribution in [0, 0.1) is 11.8 Å². The van der Waals surface area contributed by atoms with E-state index in [1.54, 1.807) is 12.1 Å². The van der Waals surface area contributed by atoms with E-state index >= 15 is 0 Å². The van der Waals surface area contributed by atoms with Crippen LogP contribution in [0.3, 0.4) is 0 Å². The van der Waals surface area contributed by atoms with Crippen molar-refractivity contribution in [1.82, 2.24) is 5.32 Å². The summed E-state index contributed by atoms with van der Waals surface area (Å²) in [4.78, 5) is 27.6. The van der Waals surface area contributed by atoms with Crippen molar-refractivity contribution in [2.24, 2.45) is 22.6 Å². The zero-order chi connectivity index (χ0) is 17.1. The number of aromatic hydroxyl groups is 1. The van der Waals surface area contributed by atoms with Crippen LogP contribution in [0.1, 0.15) is 25.8 Å². The standard InChI is InChI=1S/C16H20BrN3O3/c1-8(2)14-13(15(18)22)11(19-16(23)20-14)5-3-9-7-10(17)4-6-12(9)21/h4,6-8,11,13,21H,3,5H2,1-2H3,(H2,18,22)(H,19,23). The molecule has 0 spiro atoms. The lowest BCUT2D eigenvalue weighted by Gasteiger charge is -2.31. The van der Waals surface area contributed by atoms with Crippen molar-refractivity contribution in [1.29, 1.82) is 0 Å². The van der Waals surface area contributed by atoms with Crippen LogP contribution in [0.4, 0.5) is 4.79 Å². The first-order chi connectivity index (χ1) is 10.8. The highest BCUT2D eigenvalue weighted by Crippen LogP contribution is 2.26. The van der Waals surface area contributed by atoms with Crippen molar-refractivity contribution in [3.05, 3.63) is 28.2 Å². The highest BCUT2D eigenvalue weighted by Gasteiger charge is 2.37. The second-order valence-electron chi connectivity index (χ2n) is 5.94. The molecule has 1 aromatic rings. The average molecular weight is 382 g/mol. The van der Waals surface area contributed by atoms with Gasteiger partial charge in [0.15, 0.2) is 0 Å². The fourth-order valence-electron chi connectivity index (χ4n) is 2.80. The molecule has 23 heavy (non-hydrogen) atoms. The normalized spacial score (nSPS) is 21.0. The summed E-state index contributed by atoms with van der Waals surface area (Å²) in [5, 5.41) is 12.6. The van der Waals surface area contributed by atoms with Crippen LogP contribution in [0.15, 0.2) is 27.7 Å². The molecule has 4 N–H and O–H groups in total. The molecule has 1 aliphatic rings. The largest absolute Gasteiger partial charge is 0.508 e. The Bertz CT molecular complexity index is 658. The Morgan fingerprint density at radius 3 is 2.78 bits per heavy atom. The Labute approximate surface area is 143 Å². The van der Waals surface area contributed by atoms with E-state index in [9.17, 15) is 14.7 Å². The molecule has 0 bridgehead atoms. The average Bonchev–Trinajstić information content (AvgIpc) is 2.47. The van der Waals surface area contributed by atoms with Crippen molar-refractivity contribution in [2.45, 2.75) is 32.7 Å². The van der Waals surface area contributed by atoms with Crippen molar-refractivity contribution in [3.63, 3.8) is 0 Å². The monoisotopic (exact) mass is 381 g/mol. The number of carbonyl (C=O) groups excluding carboxylic acids is 2. The number of phenolic OH excluding ortho intramolecular Hbond substituents is 1. The molecule has 2 atom stereocenters. The number of nitrogens with zero attached hydrogens (tertiary/aromatic N) is 1. The summed E-state index contributed by atoms with van der Waals surface area (Å²) >= 11 is 3.36. The van der Waals surface area contributed by atoms with Gasteiger partial charge in [-0.15, -0.1) is 0 Å². The van der Waals surface area contributed by atoms with E-state index in [0.29, 0.717) is 18.6 Å². The maximum atomic E-state index is 11.9. The number of benzene rings is 1. The van der Waals surface area contributed by atoms with Gasteiger partial charge in [0.1, 0.15) is 5.75 Å². The highest BCUT2D eigenvalue weighted by atomic mass is 79.9. The fraction of sp³-hybridized carbons (Fsp3) is 0.438. The van der Waals surface area contributed by atoms with Crippen LogP contribution >= 0.6 is 15.9 Å². The molecule has 1 aliphatic heterocycles. The minimum absolute atomic E-state index is 0.0414. The fourth-order valence-corrected chi connectivity index (χ4v) is 3.21. The summed E-state index contributed by atoms with van der Waals surface area (Å²) in [5.41, 5.74) is 6.79. The molecule has 124 valence electrons. The summed E-state index contributed by atoms with van der Waals surface area (Å²) in [5.74, 6) is -0.980. The molecule has 0 saturated heterocycles. The number of urea groups is 1. The van der Waals surface area contributed by atoms with Gasteiger partial charge in [-0.3, -0.25) is 4.79 Å². The zero-order valence-corrected chi connectivity index (χ0v) is 14.6. The third-order valence-electron chi connectivity index (χ3n) is 3.92. The number of hydrogen-bond donors (Lipinski definition) is 3. The molecule has 0 saturated carbocycles. The van der Waals surface area contributed by atoms with Gasteiger partial charge in [0.25, 0.3) is 0 Å². The zero-order valence-electron chi connectivity index (χ0n) is 13.0. The summed E-state index contributed by atoms with van der Waals surface area (Å²) in [6, 6.07) is 4.29. The molecular weight excluding hydrogens is 362 g/mol. The second kappa shape index (κ2) is 7.12. The number of rotatable bonds is 5. The number of phenols is 1. The van der Waals surface area contributed by atoms with Gasteiger partial charge in [-0.2, -0.15) is 0 Å². The summed E-state index contributed by atoms with van der Waals surface area (Å²) in [6.07, 6.45) is 0.987. The summed E-state index contributed by atoms with van der Waals surface area (Å²) < 4.78 is 0.855. The molecular formula is C16H20BrN3O3. The molecule has 2 rings (SSSR count). The highest BCUT2D eigenvalue weighted by molar-refractivity contribution is 9.10. The maximum Gasteiger partial charge on any atom is 0.341 e. The molecule has 3 amide bonds. The third-order valence-corrected chi connectivity index (χ3v) is 4.42. The topological polar surface area (TPSA) is 105 Å². The van der Waals surface area contributed by atoms with Gasteiger partial charge in [-0.1, -0.05) is 29.8 Å². The first-order valence-corrected chi connectivity index (χ1v) is 8.24. The lowest BCUT2D eigenvalue weighted by atomic mass is 9.83. The number of halogens is 1. The number of aryl methyl sites for hydroxylation is 1. The van der Waals surface area contributed by atoms with Crippen molar-refractivity contribution in [3.8, 4) is 5.75 Å². The van der Waals surface area contributed by atoms with Crippen LogP contribution < -0.4 is 11.1 Å². The number of nitrogens with two attached hydrogens (primary N) is 1. The van der Waals surface area contributed by atoms with E-state index in [1.807, 2.05) is 19.9 Å². The minimum atomic E-state index is -0.623. The first-order valence-electron chi connectivity index (χ1n) is 7.45. The second-order valence-corrected chi connectivity index (χ2v) is 6.85. The number of nitrogens with one attached hydrogen (secondary N) is 1. The van der Waals surface area contributed by atoms with Crippen LogP contribution in [-0.2, 0) is 11.2 Å². The Balaban J connectivity index is 2.20. The van der Waals surface area contributed by atoms with Gasteiger partial charge < -0.3 is 16.2 Å². The van der Waals surface area contributed by atoms with Crippen molar-refractivity contribution >= 4 is 33.6 Å². The first kappa shape index (κ1) is 17.5. The van der Waals surface area contributed by atoms with E-state index in [-0.39, 0.29) is 11.7 Å². The van der Waals surface area contributed by atoms with Crippen LogP contribution in [0.25, 0.3) is 0 Å². The van der Waals surface area contributed by atoms with Crippen molar-refractivity contribution < 1.29 is 14.7 Å². The van der Waals surface area contributed by atoms with E-state index in [4.69, 9.17) is 5.73 Å². The molecule has 6 nitrogen and oxygen atoms in total. The van der Waals surface area contributed by atoms with Gasteiger partial charge in [0.2, 0.25) is 5.91 Å². The van der Waals surface area contributed by atoms with Gasteiger partial charge in [-0.05, 0) is 42.5 Å². The molecule has 0 aliphatic carbocycles. The smallest absolute Gasteiger partial charge is 0.341 e. The number of carbonyl (C=O) groups is 2. The molecule has 1 heterocycles. The third kappa shape index (κ3) is 4.10. The Morgan fingerprint density at radius 1 is 1.48 bits per heavy atom. The molecule has 0 fully saturated rings. The Hall–Kier alpha value is -1.89. The summed E-state index contributed by atoms with van der Waals surface area (Å²) in [6.45, 7) is 3.76. The number of aliphatic imine (C=N–C) groups is 1. The number of primary amides is 1. The molecule has 0 radical (unpaired) electrons. The van der Waals surface area contributed by atoms with Gasteiger partial charge in [0.05, 0.1) is 5.92 Å². The van der Waals surface area contributed by atoms with E-state index in [2.05, 4.69) is 26.2 Å². The molecule has 0 aromatic heterocycles. The quantitative estimate of drug-likeness (QED) is 0.728. The maximum absolute atomic E-state index is 11.9. The summed E-state index contributed by atoms with van der Waals surface area (Å²) in [7, 11) is 0. The SMILES string of the molecule is CC(C)C1=NC(=O)NC(CCc2cc(Br)ccc2O)C1C(N)=O. The van der Waals surface area contributed by atoms with Crippen LogP contribution in [0.5, 0.6) is 5.75 Å². The Morgan fingerprint density at radius 2 is 2.17 bits per heavy atom.